The van der Waals surface area contributed by atoms with Crippen LogP contribution >= 0.6 is 0 Å². The van der Waals surface area contributed by atoms with E-state index in [4.69, 9.17) is 4.42 Å². The number of rotatable bonds is 6. The van der Waals surface area contributed by atoms with Crippen molar-refractivity contribution in [3.05, 3.63) is 59.0 Å². The second-order valence-corrected chi connectivity index (χ2v) is 4.94. The van der Waals surface area contributed by atoms with E-state index in [-0.39, 0.29) is 12.5 Å². The number of methoxy groups -OCH3 is 1. The standard InChI is InChI=1S/C17H19NO4/c1-12-15(17(20)21-2)10-14(22-12)11-18-16(19)9-8-13-6-4-3-5-7-13/h3-7,10H,8-9,11H2,1-2H3,(H,18,19). The van der Waals surface area contributed by atoms with Gasteiger partial charge in [-0.15, -0.1) is 0 Å². The highest BCUT2D eigenvalue weighted by atomic mass is 16.5. The molecule has 1 aromatic carbocycles. The number of benzene rings is 1. The van der Waals surface area contributed by atoms with Crippen LogP contribution in [0.1, 0.15) is 33.9 Å². The number of amides is 1. The summed E-state index contributed by atoms with van der Waals surface area (Å²) in [4.78, 5) is 23.3. The number of carbonyl (C=O) groups excluding carboxylic acids is 2. The molecule has 0 aliphatic carbocycles. The van der Waals surface area contributed by atoms with E-state index in [1.165, 1.54) is 7.11 Å². The molecule has 1 amide bonds. The van der Waals surface area contributed by atoms with Gasteiger partial charge in [0.25, 0.3) is 0 Å². The van der Waals surface area contributed by atoms with Gasteiger partial charge < -0.3 is 14.5 Å². The monoisotopic (exact) mass is 301 g/mol. The fraction of sp³-hybridized carbons (Fsp3) is 0.294. The predicted molar refractivity (Wildman–Crippen MR) is 81.4 cm³/mol. The van der Waals surface area contributed by atoms with Crippen molar-refractivity contribution in [2.24, 2.45) is 0 Å². The number of aryl methyl sites for hydroxylation is 2. The van der Waals surface area contributed by atoms with Crippen LogP contribution in [0.5, 0.6) is 0 Å². The van der Waals surface area contributed by atoms with E-state index in [1.807, 2.05) is 30.3 Å². The van der Waals surface area contributed by atoms with Crippen LogP contribution in [0, 0.1) is 6.92 Å². The highest BCUT2D eigenvalue weighted by Gasteiger charge is 2.15. The average Bonchev–Trinajstić information content (AvgIpc) is 2.92. The summed E-state index contributed by atoms with van der Waals surface area (Å²) < 4.78 is 10.1. The summed E-state index contributed by atoms with van der Waals surface area (Å²) in [6.45, 7) is 1.94. The van der Waals surface area contributed by atoms with Gasteiger partial charge in [0.2, 0.25) is 5.91 Å². The van der Waals surface area contributed by atoms with Crippen molar-refractivity contribution in [2.45, 2.75) is 26.3 Å². The number of esters is 1. The minimum absolute atomic E-state index is 0.0578. The molecule has 0 saturated carbocycles. The Bertz CT molecular complexity index is 646. The Balaban J connectivity index is 1.82. The Labute approximate surface area is 129 Å². The van der Waals surface area contributed by atoms with Crippen LogP contribution in [0.4, 0.5) is 0 Å². The number of hydrogen-bond acceptors (Lipinski definition) is 4. The van der Waals surface area contributed by atoms with E-state index in [9.17, 15) is 9.59 Å². The summed E-state index contributed by atoms with van der Waals surface area (Å²) in [5.41, 5.74) is 1.51. The van der Waals surface area contributed by atoms with Gasteiger partial charge in [-0.3, -0.25) is 4.79 Å². The zero-order valence-corrected chi connectivity index (χ0v) is 12.7. The van der Waals surface area contributed by atoms with Gasteiger partial charge in [-0.25, -0.2) is 4.79 Å². The maximum atomic E-state index is 11.8. The molecule has 0 radical (unpaired) electrons. The number of furan rings is 1. The SMILES string of the molecule is COC(=O)c1cc(CNC(=O)CCc2ccccc2)oc1C. The van der Waals surface area contributed by atoms with Crippen LogP contribution in [-0.4, -0.2) is 19.0 Å². The lowest BCUT2D eigenvalue weighted by molar-refractivity contribution is -0.121. The first kappa shape index (κ1) is 15.8. The van der Waals surface area contributed by atoms with Crippen molar-refractivity contribution in [1.29, 1.82) is 0 Å². The molecule has 2 aromatic rings. The van der Waals surface area contributed by atoms with E-state index in [2.05, 4.69) is 10.1 Å². The van der Waals surface area contributed by atoms with Crippen LogP contribution < -0.4 is 5.32 Å². The van der Waals surface area contributed by atoms with Crippen molar-refractivity contribution in [2.75, 3.05) is 7.11 Å². The van der Waals surface area contributed by atoms with Gasteiger partial charge in [-0.2, -0.15) is 0 Å². The van der Waals surface area contributed by atoms with Crippen molar-refractivity contribution in [3.8, 4) is 0 Å². The minimum Gasteiger partial charge on any atom is -0.465 e. The van der Waals surface area contributed by atoms with E-state index in [1.54, 1.807) is 13.0 Å². The third-order valence-corrected chi connectivity index (χ3v) is 3.32. The summed E-state index contributed by atoms with van der Waals surface area (Å²) >= 11 is 0. The summed E-state index contributed by atoms with van der Waals surface area (Å²) in [6, 6.07) is 11.4. The van der Waals surface area contributed by atoms with E-state index >= 15 is 0 Å². The molecule has 0 bridgehead atoms. The van der Waals surface area contributed by atoms with Gasteiger partial charge in [-0.05, 0) is 25.0 Å². The third kappa shape index (κ3) is 4.22. The van der Waals surface area contributed by atoms with Gasteiger partial charge in [0.1, 0.15) is 17.1 Å². The summed E-state index contributed by atoms with van der Waals surface area (Å²) in [7, 11) is 1.32. The second-order valence-electron chi connectivity index (χ2n) is 4.94. The molecule has 1 aromatic heterocycles. The van der Waals surface area contributed by atoms with Gasteiger partial charge in [-0.1, -0.05) is 30.3 Å². The molecule has 0 aliphatic rings. The van der Waals surface area contributed by atoms with E-state index < -0.39 is 5.97 Å². The summed E-state index contributed by atoms with van der Waals surface area (Å²) in [6.07, 6.45) is 1.10. The predicted octanol–water partition coefficient (Wildman–Crippen LogP) is 2.62. The van der Waals surface area contributed by atoms with Crippen LogP contribution in [0.3, 0.4) is 0 Å². The van der Waals surface area contributed by atoms with Crippen LogP contribution in [0.2, 0.25) is 0 Å². The Morgan fingerprint density at radius 3 is 2.64 bits per heavy atom. The fourth-order valence-electron chi connectivity index (χ4n) is 2.12. The number of ether oxygens (including phenoxy) is 1. The molecule has 1 heterocycles. The Morgan fingerprint density at radius 2 is 1.95 bits per heavy atom. The molecule has 0 fully saturated rings. The average molecular weight is 301 g/mol. The number of nitrogens with one attached hydrogen (secondary N) is 1. The van der Waals surface area contributed by atoms with Crippen LogP contribution in [0.25, 0.3) is 0 Å². The van der Waals surface area contributed by atoms with Crippen molar-refractivity contribution < 1.29 is 18.7 Å². The molecule has 0 unspecified atom stereocenters. The first-order chi connectivity index (χ1) is 10.6. The first-order valence-corrected chi connectivity index (χ1v) is 7.08. The van der Waals surface area contributed by atoms with Gasteiger partial charge in [0.05, 0.1) is 13.7 Å². The molecule has 22 heavy (non-hydrogen) atoms. The van der Waals surface area contributed by atoms with Crippen molar-refractivity contribution >= 4 is 11.9 Å². The molecule has 1 N–H and O–H groups in total. The van der Waals surface area contributed by atoms with Crippen molar-refractivity contribution in [3.63, 3.8) is 0 Å². The first-order valence-electron chi connectivity index (χ1n) is 7.08. The van der Waals surface area contributed by atoms with Gasteiger partial charge >= 0.3 is 5.97 Å². The molecule has 0 atom stereocenters. The molecule has 5 nitrogen and oxygen atoms in total. The quantitative estimate of drug-likeness (QED) is 0.833. The zero-order valence-electron chi connectivity index (χ0n) is 12.7. The largest absolute Gasteiger partial charge is 0.465 e. The summed E-state index contributed by atoms with van der Waals surface area (Å²) in [5, 5.41) is 2.78. The highest BCUT2D eigenvalue weighted by molar-refractivity contribution is 5.90. The molecular formula is C17H19NO4. The lowest BCUT2D eigenvalue weighted by atomic mass is 10.1. The maximum Gasteiger partial charge on any atom is 0.341 e. The summed E-state index contributed by atoms with van der Waals surface area (Å²) in [5.74, 6) is 0.520. The topological polar surface area (TPSA) is 68.5 Å². The molecular weight excluding hydrogens is 282 g/mol. The molecule has 0 spiro atoms. The van der Waals surface area contributed by atoms with E-state index in [0.29, 0.717) is 29.9 Å². The third-order valence-electron chi connectivity index (χ3n) is 3.32. The normalized spacial score (nSPS) is 10.3. The fourth-order valence-corrected chi connectivity index (χ4v) is 2.12. The van der Waals surface area contributed by atoms with E-state index in [0.717, 1.165) is 5.56 Å². The Kier molecular flexibility index (Phi) is 5.36. The van der Waals surface area contributed by atoms with Crippen molar-refractivity contribution in [1.82, 2.24) is 5.32 Å². The van der Waals surface area contributed by atoms with Crippen LogP contribution in [0.15, 0.2) is 40.8 Å². The van der Waals surface area contributed by atoms with Gasteiger partial charge in [0, 0.05) is 6.42 Å². The Morgan fingerprint density at radius 1 is 1.23 bits per heavy atom. The molecule has 5 heteroatoms. The lowest BCUT2D eigenvalue weighted by Crippen LogP contribution is -2.22. The second kappa shape index (κ2) is 7.45. The maximum absolute atomic E-state index is 11.8. The Hall–Kier alpha value is -2.56. The lowest BCUT2D eigenvalue weighted by Gasteiger charge is -2.03. The minimum atomic E-state index is -0.442. The number of carbonyl (C=O) groups is 2. The zero-order chi connectivity index (χ0) is 15.9. The molecule has 0 saturated heterocycles. The van der Waals surface area contributed by atoms with Crippen LogP contribution in [-0.2, 0) is 22.5 Å². The smallest absolute Gasteiger partial charge is 0.341 e. The molecule has 116 valence electrons. The number of hydrogen-bond donors (Lipinski definition) is 1. The van der Waals surface area contributed by atoms with Gasteiger partial charge in [0.15, 0.2) is 0 Å². The highest BCUT2D eigenvalue weighted by Crippen LogP contribution is 2.15. The molecule has 2 rings (SSSR count). The molecule has 0 aliphatic heterocycles.